The lowest BCUT2D eigenvalue weighted by molar-refractivity contribution is -0.152. The Labute approximate surface area is 302 Å². The van der Waals surface area contributed by atoms with Gasteiger partial charge in [0, 0.05) is 68.4 Å². The number of aliphatic hydroxyl groups is 1. The van der Waals surface area contributed by atoms with Gasteiger partial charge in [-0.15, -0.1) is 0 Å². The van der Waals surface area contributed by atoms with Crippen LogP contribution in [0.1, 0.15) is 29.3 Å². The van der Waals surface area contributed by atoms with Crippen LogP contribution in [0.3, 0.4) is 0 Å². The molecule has 2 aromatic carbocycles. The highest BCUT2D eigenvalue weighted by Gasteiger charge is 2.37. The first-order valence-electron chi connectivity index (χ1n) is 16.6. The highest BCUT2D eigenvalue weighted by atomic mass is 19.2. The zero-order chi connectivity index (χ0) is 38.4. The lowest BCUT2D eigenvalue weighted by atomic mass is 10.1. The normalized spacial score (nSPS) is 18.1. The second-order valence-electron chi connectivity index (χ2n) is 12.5. The predicted octanol–water partition coefficient (Wildman–Crippen LogP) is 1.70. The van der Waals surface area contributed by atoms with Crippen LogP contribution in [0.25, 0.3) is 16.9 Å². The van der Waals surface area contributed by atoms with Gasteiger partial charge in [-0.1, -0.05) is 0 Å². The topological polar surface area (TPSA) is 214 Å². The molecule has 4 heterocycles. The molecule has 18 heteroatoms. The van der Waals surface area contributed by atoms with Crippen LogP contribution >= 0.6 is 0 Å². The number of amides is 2. The fraction of sp³-hybridized carbons (Fsp3) is 0.371. The Morgan fingerprint density at radius 2 is 1.79 bits per heavy atom. The number of carboxylic acid groups (broad SMARTS) is 1. The molecule has 6 rings (SSSR count). The molecule has 0 radical (unpaired) electrons. The van der Waals surface area contributed by atoms with Crippen molar-refractivity contribution in [3.05, 3.63) is 71.7 Å². The lowest BCUT2D eigenvalue weighted by Gasteiger charge is -2.36. The van der Waals surface area contributed by atoms with Crippen LogP contribution in [0.5, 0.6) is 5.75 Å². The van der Waals surface area contributed by atoms with E-state index in [1.807, 2.05) is 13.0 Å². The smallest absolute Gasteiger partial charge is 0.325 e. The van der Waals surface area contributed by atoms with Gasteiger partial charge in [-0.25, -0.2) is 14.4 Å². The molecular formula is C35H40F2N8O8. The van der Waals surface area contributed by atoms with Crippen molar-refractivity contribution in [2.75, 3.05) is 45.2 Å². The Balaban J connectivity index is 0.00000175. The van der Waals surface area contributed by atoms with E-state index in [1.54, 1.807) is 32.5 Å². The molecule has 2 aromatic heterocycles. The van der Waals surface area contributed by atoms with Crippen LogP contribution in [-0.2, 0) is 19.1 Å². The van der Waals surface area contributed by atoms with E-state index in [1.165, 1.54) is 38.6 Å². The maximum absolute atomic E-state index is 14.9. The van der Waals surface area contributed by atoms with E-state index in [4.69, 9.17) is 25.1 Å². The number of methoxy groups -OCH3 is 1. The summed E-state index contributed by atoms with van der Waals surface area (Å²) in [5.74, 6) is -2.98. The molecule has 0 aliphatic carbocycles. The van der Waals surface area contributed by atoms with Crippen LogP contribution in [0, 0.1) is 18.6 Å². The minimum Gasteiger partial charge on any atom is -0.494 e. The van der Waals surface area contributed by atoms with Gasteiger partial charge in [-0.2, -0.15) is 4.39 Å². The minimum absolute atomic E-state index is 0.0126. The summed E-state index contributed by atoms with van der Waals surface area (Å²) in [5.41, 5.74) is 8.24. The van der Waals surface area contributed by atoms with E-state index in [2.05, 4.69) is 20.6 Å². The highest BCUT2D eigenvalue weighted by molar-refractivity contribution is 5.96. The Kier molecular flexibility index (Phi) is 12.2. The van der Waals surface area contributed by atoms with Gasteiger partial charge in [0.1, 0.15) is 12.1 Å². The summed E-state index contributed by atoms with van der Waals surface area (Å²) in [6.07, 6.45) is 3.26. The third-order valence-corrected chi connectivity index (χ3v) is 9.03. The average molecular weight is 739 g/mol. The van der Waals surface area contributed by atoms with Crippen molar-refractivity contribution in [2.24, 2.45) is 5.73 Å². The second-order valence-corrected chi connectivity index (χ2v) is 12.5. The van der Waals surface area contributed by atoms with Crippen LogP contribution < -0.4 is 21.1 Å². The number of benzene rings is 2. The van der Waals surface area contributed by atoms with Crippen LogP contribution in [-0.4, -0.2) is 123 Å². The van der Waals surface area contributed by atoms with Gasteiger partial charge in [0.25, 0.3) is 12.4 Å². The molecule has 0 bridgehead atoms. The number of aryl methyl sites for hydroxylation is 1. The molecule has 53 heavy (non-hydrogen) atoms. The molecule has 0 saturated carbocycles. The third kappa shape index (κ3) is 8.34. The van der Waals surface area contributed by atoms with Crippen molar-refractivity contribution in [1.82, 2.24) is 29.5 Å². The second kappa shape index (κ2) is 16.7. The number of aliphatic hydroxyl groups excluding tert-OH is 1. The van der Waals surface area contributed by atoms with Crippen molar-refractivity contribution in [3.8, 4) is 17.0 Å². The van der Waals surface area contributed by atoms with Crippen molar-refractivity contribution < 1.29 is 47.6 Å². The number of esters is 1. The van der Waals surface area contributed by atoms with Gasteiger partial charge < -0.3 is 45.9 Å². The SMILES string of the molecule is COc1ccc(-c2cnc3c(Nc4ccc(C(=O)N5CCN(C(=O)[C@@H]6C[C@@H](OC(=O)[C@@H](N)[C@@H](C)O)CN6)CC5)c(C)c4)nccn23)c(F)c1F.O=CO. The fourth-order valence-electron chi connectivity index (χ4n) is 6.15. The Bertz CT molecular complexity index is 1980. The van der Waals surface area contributed by atoms with Gasteiger partial charge in [-0.05, 0) is 49.7 Å². The number of fused-ring (bicyclic) bond motifs is 1. The number of nitrogens with zero attached hydrogens (tertiary/aromatic N) is 5. The van der Waals surface area contributed by atoms with Crippen molar-refractivity contribution in [3.63, 3.8) is 0 Å². The number of hydrogen-bond donors (Lipinski definition) is 5. The largest absolute Gasteiger partial charge is 0.494 e. The molecule has 4 atom stereocenters. The number of rotatable bonds is 9. The number of carbonyl (C=O) groups excluding carboxylic acids is 3. The number of carbonyl (C=O) groups is 4. The molecule has 16 nitrogen and oxygen atoms in total. The fourth-order valence-corrected chi connectivity index (χ4v) is 6.15. The predicted molar refractivity (Wildman–Crippen MR) is 186 cm³/mol. The summed E-state index contributed by atoms with van der Waals surface area (Å²) in [7, 11) is 1.26. The molecule has 2 amide bonds. The van der Waals surface area contributed by atoms with Crippen molar-refractivity contribution in [1.29, 1.82) is 0 Å². The van der Waals surface area contributed by atoms with Crippen molar-refractivity contribution in [2.45, 2.75) is 44.6 Å². The standard InChI is InChI=1S/C34H38F2N8O6.CH2O2/c1-18-14-20(41-30-31-40-17-25(44(31)9-8-38-30)23-6-7-26(49-3)28(36)27(23)35)4-5-22(18)32(46)42-10-12-43(13-11-42)33(47)24-15-21(16-39-24)50-34(48)29(37)19(2)45;2-1-3/h4-9,14,17,19,21,24,29,39,45H,10-13,15-16,37H2,1-3H3,(H,38,41);1H,(H,2,3)/t19-,21-,24+,29+;/m1./s1. The molecule has 0 spiro atoms. The zero-order valence-electron chi connectivity index (χ0n) is 29.2. The molecule has 2 aliphatic heterocycles. The first-order chi connectivity index (χ1) is 25.4. The highest BCUT2D eigenvalue weighted by Crippen LogP contribution is 2.32. The van der Waals surface area contributed by atoms with Gasteiger partial charge in [-0.3, -0.25) is 23.6 Å². The first-order valence-corrected chi connectivity index (χ1v) is 16.6. The van der Waals surface area contributed by atoms with E-state index >= 15 is 0 Å². The maximum Gasteiger partial charge on any atom is 0.325 e. The minimum atomic E-state index is -1.15. The molecule has 282 valence electrons. The molecule has 2 aliphatic rings. The number of imidazole rings is 1. The number of aromatic nitrogens is 3. The summed E-state index contributed by atoms with van der Waals surface area (Å²) in [4.78, 5) is 59.3. The monoisotopic (exact) mass is 738 g/mol. The zero-order valence-corrected chi connectivity index (χ0v) is 29.2. The number of piperazine rings is 1. The van der Waals surface area contributed by atoms with Gasteiger partial charge in [0.2, 0.25) is 11.7 Å². The molecule has 4 aromatic rings. The van der Waals surface area contributed by atoms with Crippen molar-refractivity contribution >= 4 is 41.4 Å². The number of ether oxygens (including phenoxy) is 2. The molecular weight excluding hydrogens is 698 g/mol. The van der Waals surface area contributed by atoms with E-state index in [-0.39, 0.29) is 29.6 Å². The number of hydrogen-bond acceptors (Lipinski definition) is 12. The summed E-state index contributed by atoms with van der Waals surface area (Å²) < 4.78 is 41.1. The summed E-state index contributed by atoms with van der Waals surface area (Å²) in [5, 5.41) is 22.7. The Morgan fingerprint density at radius 3 is 2.45 bits per heavy atom. The number of anilines is 2. The van der Waals surface area contributed by atoms with Gasteiger partial charge in [0.15, 0.2) is 23.0 Å². The van der Waals surface area contributed by atoms with Gasteiger partial charge >= 0.3 is 5.97 Å². The first kappa shape index (κ1) is 38.5. The molecule has 6 N–H and O–H groups in total. The lowest BCUT2D eigenvalue weighted by Crippen LogP contribution is -2.54. The third-order valence-electron chi connectivity index (χ3n) is 9.03. The number of halogens is 2. The number of nitrogens with two attached hydrogens (primary N) is 1. The van der Waals surface area contributed by atoms with E-state index in [0.29, 0.717) is 67.6 Å². The number of nitrogens with one attached hydrogen (secondary N) is 2. The van der Waals surface area contributed by atoms with Crippen LogP contribution in [0.15, 0.2) is 48.9 Å². The molecule has 2 fully saturated rings. The Hall–Kier alpha value is -5.72. The summed E-state index contributed by atoms with van der Waals surface area (Å²) in [6.45, 7) is 4.70. The van der Waals surface area contributed by atoms with E-state index < -0.39 is 41.9 Å². The molecule has 0 unspecified atom stereocenters. The Morgan fingerprint density at radius 1 is 1.09 bits per heavy atom. The van der Waals surface area contributed by atoms with Crippen LogP contribution in [0.2, 0.25) is 0 Å². The van der Waals surface area contributed by atoms with Gasteiger partial charge in [0.05, 0.1) is 31.1 Å². The van der Waals surface area contributed by atoms with E-state index in [9.17, 15) is 28.3 Å². The summed E-state index contributed by atoms with van der Waals surface area (Å²) >= 11 is 0. The average Bonchev–Trinajstić information content (AvgIpc) is 3.80. The maximum atomic E-state index is 14.9. The summed E-state index contributed by atoms with van der Waals surface area (Å²) in [6, 6.07) is 6.37. The van der Waals surface area contributed by atoms with E-state index in [0.717, 1.165) is 5.56 Å². The molecule has 2 saturated heterocycles. The quantitative estimate of drug-likeness (QED) is 0.122. The van der Waals surface area contributed by atoms with Crippen LogP contribution in [0.4, 0.5) is 20.3 Å².